The molecule has 26 heavy (non-hydrogen) atoms. The Morgan fingerprint density at radius 3 is 2.73 bits per heavy atom. The Kier molecular flexibility index (Phi) is 8.47. The van der Waals surface area contributed by atoms with Gasteiger partial charge < -0.3 is 9.47 Å². The Morgan fingerprint density at radius 1 is 1.23 bits per heavy atom. The van der Waals surface area contributed by atoms with Gasteiger partial charge in [0.2, 0.25) is 5.91 Å². The van der Waals surface area contributed by atoms with Crippen molar-refractivity contribution in [1.82, 2.24) is 5.43 Å². The fraction of sp³-hybridized carbons (Fsp3) is 0.222. The van der Waals surface area contributed by atoms with Crippen molar-refractivity contribution in [3.05, 3.63) is 56.5 Å². The number of hydrogen-bond acceptors (Lipinski definition) is 5. The van der Waals surface area contributed by atoms with Gasteiger partial charge >= 0.3 is 0 Å². The van der Waals surface area contributed by atoms with Gasteiger partial charge in [-0.25, -0.2) is 5.43 Å². The van der Waals surface area contributed by atoms with Crippen molar-refractivity contribution in [2.24, 2.45) is 5.10 Å². The van der Waals surface area contributed by atoms with E-state index in [1.165, 1.54) is 11.8 Å². The Bertz CT molecular complexity index is 800. The van der Waals surface area contributed by atoms with E-state index in [1.54, 1.807) is 26.5 Å². The van der Waals surface area contributed by atoms with Crippen LogP contribution in [0.3, 0.4) is 0 Å². The number of benzene rings is 2. The van der Waals surface area contributed by atoms with Crippen molar-refractivity contribution < 1.29 is 14.3 Å². The fourth-order valence-electron chi connectivity index (χ4n) is 2.11. The summed E-state index contributed by atoms with van der Waals surface area (Å²) in [6.07, 6.45) is 1.56. The highest BCUT2D eigenvalue weighted by atomic mass is 79.9. The van der Waals surface area contributed by atoms with Crippen LogP contribution in [0, 0.1) is 0 Å². The molecule has 5 nitrogen and oxygen atoms in total. The van der Waals surface area contributed by atoms with Crippen LogP contribution in [0.15, 0.2) is 50.4 Å². The van der Waals surface area contributed by atoms with Gasteiger partial charge in [0, 0.05) is 10.2 Å². The number of nitrogens with one attached hydrogen (secondary N) is 1. The fourth-order valence-corrected chi connectivity index (χ4v) is 3.95. The minimum absolute atomic E-state index is 0.152. The summed E-state index contributed by atoms with van der Waals surface area (Å²) in [7, 11) is 3.14. The van der Waals surface area contributed by atoms with Crippen molar-refractivity contribution in [2.45, 2.75) is 5.75 Å². The molecule has 0 atom stereocenters. The molecule has 0 spiro atoms. The van der Waals surface area contributed by atoms with Crippen molar-refractivity contribution in [2.75, 3.05) is 20.0 Å². The van der Waals surface area contributed by atoms with Gasteiger partial charge in [-0.05, 0) is 51.3 Å². The number of ether oxygens (including phenoxy) is 2. The van der Waals surface area contributed by atoms with Gasteiger partial charge in [-0.1, -0.05) is 28.1 Å². The number of carbonyl (C=O) groups is 1. The SMILES string of the molecule is COc1cc(/C=N\NC(=O)CSCc2cccc(Br)c2)cc(Br)c1OC. The van der Waals surface area contributed by atoms with Gasteiger partial charge in [-0.2, -0.15) is 5.10 Å². The van der Waals surface area contributed by atoms with Gasteiger partial charge in [-0.15, -0.1) is 11.8 Å². The van der Waals surface area contributed by atoms with Crippen LogP contribution in [-0.2, 0) is 10.5 Å². The molecule has 0 aromatic heterocycles. The highest BCUT2D eigenvalue weighted by molar-refractivity contribution is 9.10. The van der Waals surface area contributed by atoms with Gasteiger partial charge in [-0.3, -0.25) is 4.79 Å². The molecule has 0 heterocycles. The third-order valence-electron chi connectivity index (χ3n) is 3.25. The number of amides is 1. The molecule has 0 aliphatic carbocycles. The smallest absolute Gasteiger partial charge is 0.250 e. The number of halogens is 2. The number of nitrogens with zero attached hydrogens (tertiary/aromatic N) is 1. The second-order valence-corrected chi connectivity index (χ2v) is 7.91. The Balaban J connectivity index is 1.84. The zero-order valence-corrected chi connectivity index (χ0v) is 18.3. The van der Waals surface area contributed by atoms with E-state index >= 15 is 0 Å². The largest absolute Gasteiger partial charge is 0.493 e. The normalized spacial score (nSPS) is 10.8. The summed E-state index contributed by atoms with van der Waals surface area (Å²) >= 11 is 8.39. The Hall–Kier alpha value is -1.51. The molecule has 138 valence electrons. The predicted octanol–water partition coefficient (Wildman–Crippen LogP) is 4.61. The zero-order valence-electron chi connectivity index (χ0n) is 14.3. The molecule has 0 saturated heterocycles. The summed E-state index contributed by atoms with van der Waals surface area (Å²) in [6.45, 7) is 0. The highest BCUT2D eigenvalue weighted by Gasteiger charge is 2.09. The number of rotatable bonds is 8. The summed E-state index contributed by atoms with van der Waals surface area (Å²) in [4.78, 5) is 11.9. The molecule has 0 unspecified atom stereocenters. The van der Waals surface area contributed by atoms with Crippen LogP contribution in [0.2, 0.25) is 0 Å². The molecule has 0 saturated carbocycles. The average molecular weight is 502 g/mol. The summed E-state index contributed by atoms with van der Waals surface area (Å²) in [5.41, 5.74) is 4.46. The molecule has 0 radical (unpaired) electrons. The van der Waals surface area contributed by atoms with Crippen molar-refractivity contribution in [3.8, 4) is 11.5 Å². The first kappa shape index (κ1) is 20.8. The second-order valence-electron chi connectivity index (χ2n) is 5.15. The Morgan fingerprint density at radius 2 is 2.04 bits per heavy atom. The third-order valence-corrected chi connectivity index (χ3v) is 5.34. The second kappa shape index (κ2) is 10.6. The van der Waals surface area contributed by atoms with E-state index in [-0.39, 0.29) is 5.91 Å². The molecule has 0 bridgehead atoms. The van der Waals surface area contributed by atoms with E-state index in [1.807, 2.05) is 30.3 Å². The molecular formula is C18H18Br2N2O3S. The quantitative estimate of drug-likeness (QED) is 0.423. The number of hydrogen-bond donors (Lipinski definition) is 1. The van der Waals surface area contributed by atoms with Gasteiger partial charge in [0.25, 0.3) is 0 Å². The van der Waals surface area contributed by atoms with Crippen molar-refractivity contribution >= 4 is 55.7 Å². The highest BCUT2D eigenvalue weighted by Crippen LogP contribution is 2.35. The van der Waals surface area contributed by atoms with E-state index in [2.05, 4.69) is 42.4 Å². The predicted molar refractivity (Wildman–Crippen MR) is 113 cm³/mol. The summed E-state index contributed by atoms with van der Waals surface area (Å²) < 4.78 is 12.3. The lowest BCUT2D eigenvalue weighted by Crippen LogP contribution is -2.19. The lowest BCUT2D eigenvalue weighted by Gasteiger charge is -2.10. The van der Waals surface area contributed by atoms with Crippen LogP contribution >= 0.6 is 43.6 Å². The monoisotopic (exact) mass is 500 g/mol. The maximum atomic E-state index is 11.9. The van der Waals surface area contributed by atoms with Gasteiger partial charge in [0.15, 0.2) is 11.5 Å². The number of methoxy groups -OCH3 is 2. The molecule has 1 amide bonds. The summed E-state index contributed by atoms with van der Waals surface area (Å²) in [5, 5.41) is 3.99. The Labute approximate surface area is 173 Å². The standard InChI is InChI=1S/C18H18Br2N2O3S/c1-24-16-8-13(7-15(20)18(16)25-2)9-21-22-17(23)11-26-10-12-4-3-5-14(19)6-12/h3-9H,10-11H2,1-2H3,(H,22,23)/b21-9-. The minimum atomic E-state index is -0.152. The lowest BCUT2D eigenvalue weighted by molar-refractivity contribution is -0.118. The molecule has 2 aromatic rings. The lowest BCUT2D eigenvalue weighted by atomic mass is 10.2. The van der Waals surface area contributed by atoms with Gasteiger partial charge in [0.05, 0.1) is 30.7 Å². The van der Waals surface area contributed by atoms with Crippen LogP contribution in [0.25, 0.3) is 0 Å². The molecule has 0 aliphatic heterocycles. The van der Waals surface area contributed by atoms with Gasteiger partial charge in [0.1, 0.15) is 0 Å². The maximum Gasteiger partial charge on any atom is 0.250 e. The number of hydrazone groups is 1. The van der Waals surface area contributed by atoms with Crippen LogP contribution in [-0.4, -0.2) is 32.1 Å². The van der Waals surface area contributed by atoms with E-state index in [9.17, 15) is 4.79 Å². The first-order valence-electron chi connectivity index (χ1n) is 7.59. The van der Waals surface area contributed by atoms with E-state index < -0.39 is 0 Å². The topological polar surface area (TPSA) is 59.9 Å². The molecule has 8 heteroatoms. The molecule has 0 aliphatic rings. The maximum absolute atomic E-state index is 11.9. The summed E-state index contributed by atoms with van der Waals surface area (Å²) in [6, 6.07) is 11.6. The van der Waals surface area contributed by atoms with Crippen molar-refractivity contribution in [1.29, 1.82) is 0 Å². The minimum Gasteiger partial charge on any atom is -0.493 e. The number of carbonyl (C=O) groups excluding carboxylic acids is 1. The van der Waals surface area contributed by atoms with Crippen LogP contribution in [0.5, 0.6) is 11.5 Å². The van der Waals surface area contributed by atoms with Crippen LogP contribution < -0.4 is 14.9 Å². The first-order chi connectivity index (χ1) is 12.5. The number of thioether (sulfide) groups is 1. The molecular weight excluding hydrogens is 484 g/mol. The van der Waals surface area contributed by atoms with E-state index in [0.29, 0.717) is 17.3 Å². The summed E-state index contributed by atoms with van der Waals surface area (Å²) in [5.74, 6) is 2.14. The first-order valence-corrected chi connectivity index (χ1v) is 10.3. The molecule has 2 rings (SSSR count). The third kappa shape index (κ3) is 6.34. The molecule has 2 aromatic carbocycles. The van der Waals surface area contributed by atoms with Crippen LogP contribution in [0.4, 0.5) is 0 Å². The zero-order chi connectivity index (χ0) is 18.9. The van der Waals surface area contributed by atoms with E-state index in [0.717, 1.165) is 25.8 Å². The van der Waals surface area contributed by atoms with Crippen molar-refractivity contribution in [3.63, 3.8) is 0 Å². The van der Waals surface area contributed by atoms with E-state index in [4.69, 9.17) is 9.47 Å². The average Bonchev–Trinajstić information content (AvgIpc) is 2.61. The molecule has 0 fully saturated rings. The molecule has 1 N–H and O–H groups in total. The van der Waals surface area contributed by atoms with Crippen LogP contribution in [0.1, 0.15) is 11.1 Å².